The van der Waals surface area contributed by atoms with E-state index in [0.29, 0.717) is 18.4 Å². The number of aromatic carboxylic acids is 1. The maximum atomic E-state index is 12.1. The van der Waals surface area contributed by atoms with Gasteiger partial charge in [-0.2, -0.15) is 0 Å². The standard InChI is InChI=1S/C14H20O5S/c1-11-6-7-12(10-13(11)14(16)17)20(18,19)9-5-3-2-4-8-15/h6-7,10,15H,2-5,8-9H2,1H3,(H,16,17). The molecular formula is C14H20O5S. The smallest absolute Gasteiger partial charge is 0.335 e. The number of rotatable bonds is 8. The van der Waals surface area contributed by atoms with Crippen LogP contribution in [0, 0.1) is 6.92 Å². The summed E-state index contributed by atoms with van der Waals surface area (Å²) in [5.41, 5.74) is 0.561. The van der Waals surface area contributed by atoms with Crippen molar-refractivity contribution in [3.63, 3.8) is 0 Å². The summed E-state index contributed by atoms with van der Waals surface area (Å²) in [6.07, 6.45) is 2.71. The number of carboxylic acid groups (broad SMARTS) is 1. The molecular weight excluding hydrogens is 280 g/mol. The van der Waals surface area contributed by atoms with Gasteiger partial charge in [0.2, 0.25) is 0 Å². The van der Waals surface area contributed by atoms with E-state index < -0.39 is 15.8 Å². The van der Waals surface area contributed by atoms with Gasteiger partial charge in [0.1, 0.15) is 0 Å². The molecule has 0 saturated heterocycles. The van der Waals surface area contributed by atoms with Crippen LogP contribution in [0.3, 0.4) is 0 Å². The molecule has 0 amide bonds. The fourth-order valence-corrected chi connectivity index (χ4v) is 3.29. The molecule has 0 heterocycles. The molecule has 1 rings (SSSR count). The van der Waals surface area contributed by atoms with E-state index in [1.807, 2.05) is 0 Å². The molecule has 1 aromatic rings. The van der Waals surface area contributed by atoms with Crippen molar-refractivity contribution in [3.05, 3.63) is 29.3 Å². The third-order valence-corrected chi connectivity index (χ3v) is 4.92. The summed E-state index contributed by atoms with van der Waals surface area (Å²) in [6.45, 7) is 1.75. The molecule has 5 nitrogen and oxygen atoms in total. The predicted molar refractivity (Wildman–Crippen MR) is 75.7 cm³/mol. The van der Waals surface area contributed by atoms with Crippen LogP contribution in [-0.2, 0) is 9.84 Å². The van der Waals surface area contributed by atoms with Crippen LogP contribution in [0.4, 0.5) is 0 Å². The average Bonchev–Trinajstić information content (AvgIpc) is 2.38. The van der Waals surface area contributed by atoms with Gasteiger partial charge in [0, 0.05) is 6.61 Å². The first-order valence-corrected chi connectivity index (χ1v) is 8.21. The van der Waals surface area contributed by atoms with E-state index >= 15 is 0 Å². The fourth-order valence-electron chi connectivity index (χ4n) is 1.90. The van der Waals surface area contributed by atoms with Crippen LogP contribution < -0.4 is 0 Å². The van der Waals surface area contributed by atoms with Crippen LogP contribution in [0.15, 0.2) is 23.1 Å². The third-order valence-electron chi connectivity index (χ3n) is 3.12. The zero-order chi connectivity index (χ0) is 15.2. The topological polar surface area (TPSA) is 91.7 Å². The number of hydrogen-bond donors (Lipinski definition) is 2. The van der Waals surface area contributed by atoms with E-state index in [0.717, 1.165) is 12.8 Å². The first-order valence-electron chi connectivity index (χ1n) is 6.56. The van der Waals surface area contributed by atoms with E-state index in [9.17, 15) is 13.2 Å². The minimum atomic E-state index is -3.45. The number of hydrogen-bond acceptors (Lipinski definition) is 4. The predicted octanol–water partition coefficient (Wildman–Crippen LogP) is 2.02. The lowest BCUT2D eigenvalue weighted by atomic mass is 10.1. The summed E-state index contributed by atoms with van der Waals surface area (Å²) in [4.78, 5) is 11.1. The van der Waals surface area contributed by atoms with Crippen molar-refractivity contribution >= 4 is 15.8 Å². The van der Waals surface area contributed by atoms with Gasteiger partial charge in [-0.15, -0.1) is 0 Å². The van der Waals surface area contributed by atoms with E-state index in [1.165, 1.54) is 18.2 Å². The lowest BCUT2D eigenvalue weighted by Crippen LogP contribution is -2.09. The molecule has 0 unspecified atom stereocenters. The van der Waals surface area contributed by atoms with Crippen molar-refractivity contribution < 1.29 is 23.4 Å². The van der Waals surface area contributed by atoms with Gasteiger partial charge >= 0.3 is 5.97 Å². The largest absolute Gasteiger partial charge is 0.478 e. The normalized spacial score (nSPS) is 11.5. The minimum absolute atomic E-state index is 0.000544. The molecule has 6 heteroatoms. The molecule has 112 valence electrons. The Morgan fingerprint density at radius 2 is 1.80 bits per heavy atom. The first kappa shape index (κ1) is 16.7. The summed E-state index contributed by atoms with van der Waals surface area (Å²) in [6, 6.07) is 4.19. The Bertz CT molecular complexity index is 563. The Balaban J connectivity index is 2.77. The van der Waals surface area contributed by atoms with Gasteiger partial charge in [0.25, 0.3) is 0 Å². The van der Waals surface area contributed by atoms with Crippen LogP contribution in [0.25, 0.3) is 0 Å². The monoisotopic (exact) mass is 300 g/mol. The van der Waals surface area contributed by atoms with Crippen molar-refractivity contribution in [2.75, 3.05) is 12.4 Å². The third kappa shape index (κ3) is 4.61. The first-order chi connectivity index (χ1) is 9.38. The molecule has 0 bridgehead atoms. The maximum Gasteiger partial charge on any atom is 0.335 e. The highest BCUT2D eigenvalue weighted by Gasteiger charge is 2.17. The second kappa shape index (κ2) is 7.40. The zero-order valence-corrected chi connectivity index (χ0v) is 12.3. The molecule has 0 aliphatic rings. The van der Waals surface area contributed by atoms with Gasteiger partial charge in [-0.1, -0.05) is 18.9 Å². The average molecular weight is 300 g/mol. The molecule has 0 saturated carbocycles. The second-order valence-corrected chi connectivity index (χ2v) is 6.85. The number of aliphatic hydroxyl groups is 1. The Morgan fingerprint density at radius 3 is 2.40 bits per heavy atom. The maximum absolute atomic E-state index is 12.1. The Kier molecular flexibility index (Phi) is 6.16. The SMILES string of the molecule is Cc1ccc(S(=O)(=O)CCCCCCO)cc1C(=O)O. The molecule has 1 aromatic carbocycles. The molecule has 0 spiro atoms. The lowest BCUT2D eigenvalue weighted by molar-refractivity contribution is 0.0696. The Hall–Kier alpha value is -1.40. The van der Waals surface area contributed by atoms with Gasteiger partial charge in [0.15, 0.2) is 9.84 Å². The molecule has 0 aromatic heterocycles. The van der Waals surface area contributed by atoms with Gasteiger partial charge in [-0.05, 0) is 37.5 Å². The number of benzene rings is 1. The second-order valence-electron chi connectivity index (χ2n) is 4.74. The molecule has 0 aliphatic heterocycles. The summed E-state index contributed by atoms with van der Waals surface area (Å²) in [5, 5.41) is 17.6. The molecule has 2 N–H and O–H groups in total. The van der Waals surface area contributed by atoms with Crippen molar-refractivity contribution in [1.29, 1.82) is 0 Å². The van der Waals surface area contributed by atoms with E-state index in [1.54, 1.807) is 6.92 Å². The highest BCUT2D eigenvalue weighted by molar-refractivity contribution is 7.91. The fraction of sp³-hybridized carbons (Fsp3) is 0.500. The van der Waals surface area contributed by atoms with Crippen molar-refractivity contribution in [1.82, 2.24) is 0 Å². The molecule has 0 fully saturated rings. The quantitative estimate of drug-likeness (QED) is 0.717. The molecule has 0 aliphatic carbocycles. The summed E-state index contributed by atoms with van der Waals surface area (Å²) in [7, 11) is -3.45. The van der Waals surface area contributed by atoms with E-state index in [4.69, 9.17) is 10.2 Å². The Morgan fingerprint density at radius 1 is 1.15 bits per heavy atom. The summed E-state index contributed by atoms with van der Waals surface area (Å²) >= 11 is 0. The molecule has 20 heavy (non-hydrogen) atoms. The van der Waals surface area contributed by atoms with E-state index in [2.05, 4.69) is 0 Å². The minimum Gasteiger partial charge on any atom is -0.478 e. The van der Waals surface area contributed by atoms with Crippen LogP contribution in [0.2, 0.25) is 0 Å². The highest BCUT2D eigenvalue weighted by Crippen LogP contribution is 2.18. The van der Waals surface area contributed by atoms with Crippen molar-refractivity contribution in [2.45, 2.75) is 37.5 Å². The van der Waals surface area contributed by atoms with Crippen LogP contribution in [-0.4, -0.2) is 37.0 Å². The van der Waals surface area contributed by atoms with Gasteiger partial charge in [0.05, 0.1) is 16.2 Å². The number of unbranched alkanes of at least 4 members (excludes halogenated alkanes) is 3. The zero-order valence-electron chi connectivity index (χ0n) is 11.5. The van der Waals surface area contributed by atoms with Crippen LogP contribution in [0.5, 0.6) is 0 Å². The number of carboxylic acids is 1. The summed E-state index contributed by atoms with van der Waals surface area (Å²) in [5.74, 6) is -1.12. The van der Waals surface area contributed by atoms with Gasteiger partial charge in [-0.3, -0.25) is 0 Å². The van der Waals surface area contributed by atoms with Crippen LogP contribution in [0.1, 0.15) is 41.6 Å². The van der Waals surface area contributed by atoms with Crippen molar-refractivity contribution in [2.24, 2.45) is 0 Å². The van der Waals surface area contributed by atoms with Gasteiger partial charge < -0.3 is 10.2 Å². The van der Waals surface area contributed by atoms with E-state index in [-0.39, 0.29) is 22.8 Å². The Labute approximate surface area is 119 Å². The summed E-state index contributed by atoms with van der Waals surface area (Å²) < 4.78 is 24.2. The lowest BCUT2D eigenvalue weighted by Gasteiger charge is -2.07. The number of sulfone groups is 1. The molecule has 0 radical (unpaired) electrons. The van der Waals surface area contributed by atoms with Crippen molar-refractivity contribution in [3.8, 4) is 0 Å². The van der Waals surface area contributed by atoms with Gasteiger partial charge in [-0.25, -0.2) is 13.2 Å². The molecule has 0 atom stereocenters. The number of aryl methyl sites for hydroxylation is 1. The van der Waals surface area contributed by atoms with Crippen LogP contribution >= 0.6 is 0 Å². The highest BCUT2D eigenvalue weighted by atomic mass is 32.2. The number of carbonyl (C=O) groups is 1. The number of aliphatic hydroxyl groups excluding tert-OH is 1.